The first-order valence-corrected chi connectivity index (χ1v) is 5.15. The smallest absolute Gasteiger partial charge is 0.360 e. The van der Waals surface area contributed by atoms with Crippen molar-refractivity contribution < 1.29 is 19.0 Å². The number of methoxy groups -OCH3 is 3. The van der Waals surface area contributed by atoms with Crippen LogP contribution in [0.4, 0.5) is 0 Å². The molecule has 1 aromatic rings. The average molecular weight is 243 g/mol. The summed E-state index contributed by atoms with van der Waals surface area (Å²) in [4.78, 5) is 11.5. The molecule has 7 nitrogen and oxygen atoms in total. The SMILES string of the molecule is COCc1c(C(=O)OC)nnn1C(C)COC. The number of hydrogen-bond donors (Lipinski definition) is 0. The van der Waals surface area contributed by atoms with Crippen LogP contribution < -0.4 is 0 Å². The molecule has 7 heteroatoms. The molecule has 96 valence electrons. The van der Waals surface area contributed by atoms with Crippen molar-refractivity contribution in [3.63, 3.8) is 0 Å². The van der Waals surface area contributed by atoms with E-state index in [0.717, 1.165) is 0 Å². The van der Waals surface area contributed by atoms with Gasteiger partial charge in [-0.1, -0.05) is 5.21 Å². The fourth-order valence-corrected chi connectivity index (χ4v) is 1.51. The van der Waals surface area contributed by atoms with Crippen molar-refractivity contribution in [1.82, 2.24) is 15.0 Å². The van der Waals surface area contributed by atoms with Crippen molar-refractivity contribution >= 4 is 5.97 Å². The Kier molecular flexibility index (Phi) is 5.05. The van der Waals surface area contributed by atoms with Crippen molar-refractivity contribution in [2.75, 3.05) is 27.9 Å². The fraction of sp³-hybridized carbons (Fsp3) is 0.700. The summed E-state index contributed by atoms with van der Waals surface area (Å²) in [6.45, 7) is 2.63. The zero-order valence-corrected chi connectivity index (χ0v) is 10.5. The summed E-state index contributed by atoms with van der Waals surface area (Å²) < 4.78 is 16.3. The summed E-state index contributed by atoms with van der Waals surface area (Å²) >= 11 is 0. The maximum Gasteiger partial charge on any atom is 0.360 e. The lowest BCUT2D eigenvalue weighted by molar-refractivity contribution is 0.0588. The largest absolute Gasteiger partial charge is 0.464 e. The van der Waals surface area contributed by atoms with Crippen molar-refractivity contribution in [3.05, 3.63) is 11.4 Å². The molecule has 0 saturated carbocycles. The lowest BCUT2D eigenvalue weighted by atomic mass is 10.3. The zero-order chi connectivity index (χ0) is 12.8. The van der Waals surface area contributed by atoms with Gasteiger partial charge >= 0.3 is 5.97 Å². The molecule has 1 heterocycles. The molecule has 0 saturated heterocycles. The van der Waals surface area contributed by atoms with E-state index in [-0.39, 0.29) is 18.3 Å². The highest BCUT2D eigenvalue weighted by atomic mass is 16.5. The van der Waals surface area contributed by atoms with Crippen LogP contribution in [0.15, 0.2) is 0 Å². The highest BCUT2D eigenvalue weighted by molar-refractivity contribution is 5.88. The number of hydrogen-bond acceptors (Lipinski definition) is 6. The molecule has 1 atom stereocenters. The first-order valence-electron chi connectivity index (χ1n) is 5.15. The van der Waals surface area contributed by atoms with Crippen LogP contribution in [0.25, 0.3) is 0 Å². The summed E-state index contributed by atoms with van der Waals surface area (Å²) in [5.41, 5.74) is 0.765. The Morgan fingerprint density at radius 3 is 2.59 bits per heavy atom. The number of ether oxygens (including phenoxy) is 3. The molecule has 0 aliphatic rings. The molecule has 0 aromatic carbocycles. The number of aromatic nitrogens is 3. The minimum Gasteiger partial charge on any atom is -0.464 e. The van der Waals surface area contributed by atoms with Gasteiger partial charge in [0.15, 0.2) is 5.69 Å². The van der Waals surface area contributed by atoms with Crippen molar-refractivity contribution in [1.29, 1.82) is 0 Å². The van der Waals surface area contributed by atoms with Gasteiger partial charge in [0.2, 0.25) is 0 Å². The highest BCUT2D eigenvalue weighted by Crippen LogP contribution is 2.14. The van der Waals surface area contributed by atoms with Crippen LogP contribution in [0.1, 0.15) is 29.1 Å². The van der Waals surface area contributed by atoms with E-state index >= 15 is 0 Å². The molecule has 0 spiro atoms. The summed E-state index contributed by atoms with van der Waals surface area (Å²) in [7, 11) is 4.44. The standard InChI is InChI=1S/C10H17N3O4/c1-7(5-15-2)13-8(6-16-3)9(11-12-13)10(14)17-4/h7H,5-6H2,1-4H3. The molecule has 0 amide bonds. The Morgan fingerprint density at radius 1 is 1.35 bits per heavy atom. The van der Waals surface area contributed by atoms with Gasteiger partial charge in [0, 0.05) is 14.2 Å². The Hall–Kier alpha value is -1.47. The van der Waals surface area contributed by atoms with E-state index in [1.54, 1.807) is 18.9 Å². The van der Waals surface area contributed by atoms with Crippen LogP contribution >= 0.6 is 0 Å². The first kappa shape index (κ1) is 13.6. The van der Waals surface area contributed by atoms with Gasteiger partial charge in [-0.05, 0) is 6.92 Å². The van der Waals surface area contributed by atoms with Crippen LogP contribution in [0.3, 0.4) is 0 Å². The number of rotatable bonds is 6. The molecule has 1 aromatic heterocycles. The van der Waals surface area contributed by atoms with Gasteiger partial charge in [-0.2, -0.15) is 0 Å². The molecule has 1 rings (SSSR count). The second-order valence-electron chi connectivity index (χ2n) is 3.56. The Balaban J connectivity index is 3.05. The lowest BCUT2D eigenvalue weighted by Crippen LogP contribution is -2.17. The van der Waals surface area contributed by atoms with E-state index in [1.165, 1.54) is 7.11 Å². The van der Waals surface area contributed by atoms with Crippen LogP contribution in [0, 0.1) is 0 Å². The second-order valence-corrected chi connectivity index (χ2v) is 3.56. The van der Waals surface area contributed by atoms with E-state index in [1.807, 2.05) is 6.92 Å². The van der Waals surface area contributed by atoms with Gasteiger partial charge in [-0.25, -0.2) is 9.48 Å². The molecular formula is C10H17N3O4. The first-order chi connectivity index (χ1) is 8.15. The van der Waals surface area contributed by atoms with E-state index in [0.29, 0.717) is 12.3 Å². The predicted molar refractivity (Wildman–Crippen MR) is 58.7 cm³/mol. The third kappa shape index (κ3) is 3.01. The van der Waals surface area contributed by atoms with E-state index < -0.39 is 5.97 Å². The van der Waals surface area contributed by atoms with Crippen molar-refractivity contribution in [2.45, 2.75) is 19.6 Å². The molecule has 0 fully saturated rings. The van der Waals surface area contributed by atoms with Crippen LogP contribution in [-0.2, 0) is 20.8 Å². The number of carbonyl (C=O) groups is 1. The molecule has 0 N–H and O–H groups in total. The maximum atomic E-state index is 11.5. The second kappa shape index (κ2) is 6.31. The lowest BCUT2D eigenvalue weighted by Gasteiger charge is -2.13. The highest BCUT2D eigenvalue weighted by Gasteiger charge is 2.22. The van der Waals surface area contributed by atoms with Crippen molar-refractivity contribution in [2.24, 2.45) is 0 Å². The van der Waals surface area contributed by atoms with Gasteiger partial charge < -0.3 is 14.2 Å². The van der Waals surface area contributed by atoms with Gasteiger partial charge in [-0.3, -0.25) is 0 Å². The normalized spacial score (nSPS) is 12.5. The summed E-state index contributed by atoms with van der Waals surface area (Å²) in [6.07, 6.45) is 0. The molecule has 0 radical (unpaired) electrons. The van der Waals surface area contributed by atoms with E-state index in [9.17, 15) is 4.79 Å². The molecule has 0 aliphatic carbocycles. The van der Waals surface area contributed by atoms with E-state index in [4.69, 9.17) is 9.47 Å². The zero-order valence-electron chi connectivity index (χ0n) is 10.5. The molecule has 0 aliphatic heterocycles. The minimum absolute atomic E-state index is 0.0314. The molecule has 0 bridgehead atoms. The van der Waals surface area contributed by atoms with Gasteiger partial charge in [0.05, 0.1) is 32.1 Å². The van der Waals surface area contributed by atoms with Crippen LogP contribution in [0.2, 0.25) is 0 Å². The minimum atomic E-state index is -0.520. The van der Waals surface area contributed by atoms with Crippen LogP contribution in [-0.4, -0.2) is 48.9 Å². The van der Waals surface area contributed by atoms with Gasteiger partial charge in [-0.15, -0.1) is 5.10 Å². The maximum absolute atomic E-state index is 11.5. The Bertz CT molecular complexity index is 378. The molecular weight excluding hydrogens is 226 g/mol. The van der Waals surface area contributed by atoms with Crippen LogP contribution in [0.5, 0.6) is 0 Å². The van der Waals surface area contributed by atoms with Crippen molar-refractivity contribution in [3.8, 4) is 0 Å². The Labute approximate surface area is 99.6 Å². The average Bonchev–Trinajstić information content (AvgIpc) is 2.73. The quantitative estimate of drug-likeness (QED) is 0.674. The number of esters is 1. The van der Waals surface area contributed by atoms with Gasteiger partial charge in [0.1, 0.15) is 0 Å². The summed E-state index contributed by atoms with van der Waals surface area (Å²) in [5, 5.41) is 7.74. The van der Waals surface area contributed by atoms with Gasteiger partial charge in [0.25, 0.3) is 0 Å². The predicted octanol–water partition coefficient (Wildman–Crippen LogP) is 0.418. The number of nitrogens with zero attached hydrogens (tertiary/aromatic N) is 3. The third-order valence-electron chi connectivity index (χ3n) is 2.28. The summed E-state index contributed by atoms with van der Waals surface area (Å²) in [6, 6.07) is -0.0314. The third-order valence-corrected chi connectivity index (χ3v) is 2.28. The molecule has 17 heavy (non-hydrogen) atoms. The van der Waals surface area contributed by atoms with E-state index in [2.05, 4.69) is 15.0 Å². The number of carbonyl (C=O) groups excluding carboxylic acids is 1. The fourth-order valence-electron chi connectivity index (χ4n) is 1.51. The topological polar surface area (TPSA) is 75.5 Å². The summed E-state index contributed by atoms with van der Waals surface area (Å²) in [5.74, 6) is -0.520. The Morgan fingerprint density at radius 2 is 2.06 bits per heavy atom. The molecule has 1 unspecified atom stereocenters. The monoisotopic (exact) mass is 243 g/mol.